The van der Waals surface area contributed by atoms with E-state index in [1.165, 1.54) is 5.06 Å². The molecule has 49 heavy (non-hydrogen) atoms. The predicted octanol–water partition coefficient (Wildman–Crippen LogP) is 5.81. The number of ether oxygens (including phenoxy) is 1. The van der Waals surface area contributed by atoms with E-state index in [4.69, 9.17) is 18.6 Å². The average molecular weight is 713 g/mol. The zero-order chi connectivity index (χ0) is 36.1. The number of carbonyl (C=O) groups is 4. The molecule has 4 amide bonds. The maximum atomic E-state index is 14.4. The van der Waals surface area contributed by atoms with Crippen LogP contribution >= 0.6 is 7.60 Å². The number of hydroxylamine groups is 2. The van der Waals surface area contributed by atoms with Gasteiger partial charge >= 0.3 is 13.7 Å². The fraction of sp³-hybridized carbons (Fsp3) is 0.886. The lowest BCUT2D eigenvalue weighted by Gasteiger charge is -2.54. The fourth-order valence-electron chi connectivity index (χ4n) is 7.54. The second-order valence-electron chi connectivity index (χ2n) is 16.3. The van der Waals surface area contributed by atoms with Crippen molar-refractivity contribution >= 4 is 31.4 Å². The lowest BCUT2D eigenvalue weighted by molar-refractivity contribution is -0.277. The number of hydrogen-bond donors (Lipinski definition) is 0. The molecule has 3 atom stereocenters. The van der Waals surface area contributed by atoms with Gasteiger partial charge < -0.3 is 28.5 Å². The summed E-state index contributed by atoms with van der Waals surface area (Å²) in [5, 5.41) is 1.21. The summed E-state index contributed by atoms with van der Waals surface area (Å²) in [6.07, 6.45) is 4.84. The molecule has 4 rings (SSSR count). The Bertz CT molecular complexity index is 1210. The Morgan fingerprint density at radius 2 is 1.49 bits per heavy atom. The van der Waals surface area contributed by atoms with E-state index >= 15 is 0 Å². The van der Waals surface area contributed by atoms with Crippen LogP contribution < -0.4 is 0 Å². The monoisotopic (exact) mass is 712 g/mol. The normalized spacial score (nSPS) is 25.1. The van der Waals surface area contributed by atoms with Crippen LogP contribution in [0.4, 0.5) is 4.79 Å². The van der Waals surface area contributed by atoms with E-state index in [0.717, 1.165) is 32.1 Å². The van der Waals surface area contributed by atoms with Crippen LogP contribution in [-0.2, 0) is 37.6 Å². The van der Waals surface area contributed by atoms with Gasteiger partial charge in [-0.05, 0) is 77.6 Å². The van der Waals surface area contributed by atoms with Crippen molar-refractivity contribution in [1.82, 2.24) is 19.8 Å². The fourth-order valence-corrected chi connectivity index (χ4v) is 9.05. The van der Waals surface area contributed by atoms with Crippen molar-refractivity contribution in [1.29, 1.82) is 0 Å². The quantitative estimate of drug-likeness (QED) is 0.243. The second kappa shape index (κ2) is 16.4. The molecule has 4 aliphatic rings. The number of carbonyl (C=O) groups excluding carboxylic acids is 4. The predicted molar refractivity (Wildman–Crippen MR) is 184 cm³/mol. The van der Waals surface area contributed by atoms with Crippen molar-refractivity contribution < 1.29 is 42.4 Å². The van der Waals surface area contributed by atoms with Gasteiger partial charge in [-0.3, -0.25) is 23.8 Å². The van der Waals surface area contributed by atoms with Gasteiger partial charge in [0, 0.05) is 19.6 Å². The summed E-state index contributed by atoms with van der Waals surface area (Å²) >= 11 is 0. The summed E-state index contributed by atoms with van der Waals surface area (Å²) in [4.78, 5) is 66.9. The minimum atomic E-state index is -3.79. The number of piperidine rings is 1. The highest BCUT2D eigenvalue weighted by atomic mass is 31.2. The van der Waals surface area contributed by atoms with Gasteiger partial charge in [0.25, 0.3) is 11.8 Å². The molecule has 3 saturated heterocycles. The second-order valence-corrected chi connectivity index (χ2v) is 18.4. The van der Waals surface area contributed by atoms with Crippen molar-refractivity contribution in [2.75, 3.05) is 45.6 Å². The first-order valence-electron chi connectivity index (χ1n) is 18.4. The molecule has 1 saturated carbocycles. The van der Waals surface area contributed by atoms with Gasteiger partial charge in [0.1, 0.15) is 17.8 Å². The molecule has 3 heterocycles. The summed E-state index contributed by atoms with van der Waals surface area (Å²) in [5.41, 5.74) is -0.891. The molecule has 0 N–H and O–H groups in total. The number of piperazine rings is 1. The maximum Gasteiger partial charge on any atom is 0.410 e. The SMILES string of the molecule is CCOP(=O)(CC(=O)N1O[C@H](CC2CCCCC2)C(=O)N2[C@@H]1CN(CC1CCN(C(=O)OC(C)(C)C)CC1)C(=O)[C@@H]2CC(C)(C)C)OCC. The summed E-state index contributed by atoms with van der Waals surface area (Å²) in [6.45, 7) is 16.7. The molecule has 280 valence electrons. The molecule has 0 unspecified atom stereocenters. The highest BCUT2D eigenvalue weighted by Crippen LogP contribution is 2.48. The van der Waals surface area contributed by atoms with Crippen LogP contribution in [0.1, 0.15) is 113 Å². The van der Waals surface area contributed by atoms with Crippen molar-refractivity contribution in [2.24, 2.45) is 17.3 Å². The first kappa shape index (κ1) is 39.6. The van der Waals surface area contributed by atoms with Crippen LogP contribution in [0, 0.1) is 17.3 Å². The lowest BCUT2D eigenvalue weighted by Crippen LogP contribution is -2.74. The van der Waals surface area contributed by atoms with Crippen molar-refractivity contribution in [3.8, 4) is 0 Å². The van der Waals surface area contributed by atoms with Gasteiger partial charge in [0.2, 0.25) is 5.91 Å². The number of rotatable bonds is 11. The number of likely N-dealkylation sites (tertiary alicyclic amines) is 1. The largest absolute Gasteiger partial charge is 0.444 e. The minimum absolute atomic E-state index is 0.0625. The van der Waals surface area contributed by atoms with Crippen LogP contribution in [0.3, 0.4) is 0 Å². The molecule has 4 fully saturated rings. The van der Waals surface area contributed by atoms with Crippen molar-refractivity contribution in [3.05, 3.63) is 0 Å². The standard InChI is InChI=1S/C35H61N4O9P/c1-9-45-49(44,46-10-2)24-30(40)39-29-23-37(22-26-16-18-36(19-17-26)33(43)47-35(6,7)8)31(41)27(21-34(3,4)5)38(29)32(42)28(48-39)20-25-14-12-11-13-15-25/h25-29H,9-24H2,1-8H3/t27-,28+,29-/m0/s1. The topological polar surface area (TPSA) is 135 Å². The molecule has 3 aliphatic heterocycles. The van der Waals surface area contributed by atoms with Gasteiger partial charge in [0.15, 0.2) is 12.3 Å². The average Bonchev–Trinajstić information content (AvgIpc) is 3.00. The van der Waals surface area contributed by atoms with Crippen molar-refractivity contribution in [3.63, 3.8) is 0 Å². The third kappa shape index (κ3) is 10.7. The first-order chi connectivity index (χ1) is 22.9. The smallest absolute Gasteiger partial charge is 0.410 e. The summed E-state index contributed by atoms with van der Waals surface area (Å²) in [5.74, 6) is -0.627. The van der Waals surface area contributed by atoms with Gasteiger partial charge in [-0.2, -0.15) is 5.06 Å². The van der Waals surface area contributed by atoms with Gasteiger partial charge in [0.05, 0.1) is 19.8 Å². The van der Waals surface area contributed by atoms with Gasteiger partial charge in [-0.25, -0.2) is 4.79 Å². The molecule has 14 heteroatoms. The van der Waals surface area contributed by atoms with E-state index in [1.807, 2.05) is 41.5 Å². The van der Waals surface area contributed by atoms with Crippen LogP contribution in [0.25, 0.3) is 0 Å². The zero-order valence-corrected chi connectivity index (χ0v) is 32.0. The van der Waals surface area contributed by atoms with Gasteiger partial charge in [-0.15, -0.1) is 0 Å². The molecule has 0 radical (unpaired) electrons. The van der Waals surface area contributed by atoms with Gasteiger partial charge in [-0.1, -0.05) is 52.9 Å². The number of amides is 4. The summed E-state index contributed by atoms with van der Waals surface area (Å²) < 4.78 is 30.0. The molecule has 0 aromatic rings. The summed E-state index contributed by atoms with van der Waals surface area (Å²) in [7, 11) is -3.79. The van der Waals surface area contributed by atoms with E-state index in [2.05, 4.69) is 0 Å². The molecule has 1 aliphatic carbocycles. The molecule has 0 bridgehead atoms. The Morgan fingerprint density at radius 1 is 0.878 bits per heavy atom. The molecular weight excluding hydrogens is 651 g/mol. The molecule has 0 aromatic carbocycles. The van der Waals surface area contributed by atoms with E-state index in [-0.39, 0.29) is 54.9 Å². The Balaban J connectivity index is 1.61. The molecule has 0 aromatic heterocycles. The van der Waals surface area contributed by atoms with Crippen molar-refractivity contribution in [2.45, 2.75) is 137 Å². The highest BCUT2D eigenvalue weighted by Gasteiger charge is 2.54. The number of hydrogen-bond acceptors (Lipinski definition) is 9. The number of nitrogens with zero attached hydrogens (tertiary/aromatic N) is 4. The molecule has 13 nitrogen and oxygen atoms in total. The van der Waals surface area contributed by atoms with E-state index in [9.17, 15) is 23.7 Å². The summed E-state index contributed by atoms with van der Waals surface area (Å²) in [6, 6.07) is -0.799. The number of fused-ring (bicyclic) bond motifs is 1. The maximum absolute atomic E-state index is 14.4. The Morgan fingerprint density at radius 3 is 2.04 bits per heavy atom. The molecular formula is C35H61N4O9P. The molecule has 0 spiro atoms. The minimum Gasteiger partial charge on any atom is -0.444 e. The first-order valence-corrected chi connectivity index (χ1v) is 20.1. The van der Waals surface area contributed by atoms with E-state index in [1.54, 1.807) is 28.5 Å². The Kier molecular flexibility index (Phi) is 13.3. The van der Waals surface area contributed by atoms with Crippen LogP contribution in [0.2, 0.25) is 0 Å². The Hall–Kier alpha value is -2.21. The van der Waals surface area contributed by atoms with Crippen LogP contribution in [0.5, 0.6) is 0 Å². The lowest BCUT2D eigenvalue weighted by atomic mass is 9.83. The third-order valence-electron chi connectivity index (χ3n) is 9.73. The Labute approximate surface area is 293 Å². The van der Waals surface area contributed by atoms with E-state index < -0.39 is 43.6 Å². The van der Waals surface area contributed by atoms with Crippen LogP contribution in [-0.4, -0.2) is 113 Å². The van der Waals surface area contributed by atoms with E-state index in [0.29, 0.717) is 45.3 Å². The van der Waals surface area contributed by atoms with Crippen LogP contribution in [0.15, 0.2) is 0 Å². The third-order valence-corrected chi connectivity index (χ3v) is 11.7. The zero-order valence-electron chi connectivity index (χ0n) is 31.1. The highest BCUT2D eigenvalue weighted by molar-refractivity contribution is 7.54.